The molecule has 10 heteroatoms. The predicted molar refractivity (Wildman–Crippen MR) is 161 cm³/mol. The second kappa shape index (κ2) is 12.8. The third-order valence-corrected chi connectivity index (χ3v) is 9.33. The van der Waals surface area contributed by atoms with Crippen molar-refractivity contribution in [2.75, 3.05) is 46.6 Å². The van der Waals surface area contributed by atoms with Crippen molar-refractivity contribution < 1.29 is 23.8 Å². The largest absolute Gasteiger partial charge is 0.497 e. The quantitative estimate of drug-likeness (QED) is 0.438. The first-order chi connectivity index (χ1) is 21.0. The lowest BCUT2D eigenvalue weighted by Gasteiger charge is -2.41. The Labute approximate surface area is 252 Å². The van der Waals surface area contributed by atoms with Gasteiger partial charge >= 0.3 is 0 Å². The lowest BCUT2D eigenvalue weighted by Crippen LogP contribution is -2.45. The molecule has 1 aromatic heterocycles. The normalized spacial score (nSPS) is 21.1. The Balaban J connectivity index is 1.15. The van der Waals surface area contributed by atoms with Crippen molar-refractivity contribution in [1.29, 1.82) is 0 Å². The molecule has 2 saturated heterocycles. The lowest BCUT2D eigenvalue weighted by atomic mass is 9.75. The Bertz CT molecular complexity index is 1450. The summed E-state index contributed by atoms with van der Waals surface area (Å²) < 4.78 is 19.5. The van der Waals surface area contributed by atoms with E-state index in [1.807, 2.05) is 65.3 Å². The van der Waals surface area contributed by atoms with Crippen LogP contribution in [-0.2, 0) is 4.74 Å². The summed E-state index contributed by atoms with van der Waals surface area (Å²) in [4.78, 5) is 30.8. The number of nitrogens with zero attached hydrogens (tertiary/aromatic N) is 5. The van der Waals surface area contributed by atoms with E-state index in [4.69, 9.17) is 14.2 Å². The summed E-state index contributed by atoms with van der Waals surface area (Å²) in [6.07, 6.45) is 6.64. The molecule has 0 saturated carbocycles. The summed E-state index contributed by atoms with van der Waals surface area (Å²) in [7, 11) is 1.62. The highest BCUT2D eigenvalue weighted by atomic mass is 16.5. The number of fused-ring (bicyclic) bond motifs is 3. The molecule has 2 bridgehead atoms. The molecule has 1 atom stereocenters. The van der Waals surface area contributed by atoms with Gasteiger partial charge in [0.2, 0.25) is 0 Å². The van der Waals surface area contributed by atoms with Gasteiger partial charge in [0, 0.05) is 43.3 Å². The molecule has 3 aliphatic heterocycles. The third kappa shape index (κ3) is 6.25. The second-order valence-corrected chi connectivity index (χ2v) is 12.1. The number of likely N-dealkylation sites (tertiary alicyclic amines) is 1. The fraction of sp³-hybridized carbons (Fsp3) is 0.515. The fourth-order valence-corrected chi connectivity index (χ4v) is 6.64. The smallest absolute Gasteiger partial charge is 0.276 e. The first-order valence-corrected chi connectivity index (χ1v) is 15.4. The molecule has 3 aliphatic rings. The van der Waals surface area contributed by atoms with Crippen molar-refractivity contribution in [2.45, 2.75) is 57.9 Å². The minimum absolute atomic E-state index is 0.0478. The van der Waals surface area contributed by atoms with Crippen molar-refractivity contribution in [2.24, 2.45) is 5.41 Å². The predicted octanol–water partition coefficient (Wildman–Crippen LogP) is 4.69. The van der Waals surface area contributed by atoms with Gasteiger partial charge < -0.3 is 24.0 Å². The van der Waals surface area contributed by atoms with Crippen molar-refractivity contribution >= 4 is 11.8 Å². The fourth-order valence-electron chi connectivity index (χ4n) is 6.64. The maximum atomic E-state index is 13.6. The number of ether oxygens (including phenoxy) is 3. The zero-order valence-corrected chi connectivity index (χ0v) is 25.2. The van der Waals surface area contributed by atoms with Crippen LogP contribution in [0.3, 0.4) is 0 Å². The van der Waals surface area contributed by atoms with Gasteiger partial charge in [-0.1, -0.05) is 23.8 Å². The minimum Gasteiger partial charge on any atom is -0.497 e. The molecule has 4 heterocycles. The van der Waals surface area contributed by atoms with E-state index in [0.717, 1.165) is 62.9 Å². The number of aromatic nitrogens is 3. The molecule has 228 valence electrons. The van der Waals surface area contributed by atoms with Crippen LogP contribution in [0.2, 0.25) is 0 Å². The summed E-state index contributed by atoms with van der Waals surface area (Å²) in [5, 5.41) is 8.55. The Kier molecular flexibility index (Phi) is 8.65. The van der Waals surface area contributed by atoms with Crippen LogP contribution < -0.4 is 9.47 Å². The third-order valence-electron chi connectivity index (χ3n) is 9.33. The first-order valence-electron chi connectivity index (χ1n) is 15.4. The van der Waals surface area contributed by atoms with Gasteiger partial charge in [-0.3, -0.25) is 9.59 Å². The lowest BCUT2D eigenvalue weighted by molar-refractivity contribution is 0.0329. The Hall–Kier alpha value is -3.92. The number of hydrogen-bond acceptors (Lipinski definition) is 7. The van der Waals surface area contributed by atoms with Gasteiger partial charge in [0.05, 0.1) is 37.7 Å². The molecule has 6 rings (SSSR count). The van der Waals surface area contributed by atoms with Crippen molar-refractivity contribution in [3.63, 3.8) is 0 Å². The highest BCUT2D eigenvalue weighted by Crippen LogP contribution is 2.38. The maximum Gasteiger partial charge on any atom is 0.276 e. The number of hydrogen-bond donors (Lipinski definition) is 0. The molecule has 1 spiro atoms. The minimum atomic E-state index is -0.0975. The van der Waals surface area contributed by atoms with Crippen LogP contribution in [0, 0.1) is 12.3 Å². The summed E-state index contributed by atoms with van der Waals surface area (Å²) in [6.45, 7) is 5.72. The Morgan fingerprint density at radius 3 is 2.70 bits per heavy atom. The molecule has 2 fully saturated rings. The van der Waals surface area contributed by atoms with E-state index < -0.39 is 0 Å². The average molecular weight is 588 g/mol. The van der Waals surface area contributed by atoms with Gasteiger partial charge in [0.1, 0.15) is 11.5 Å². The first kappa shape index (κ1) is 29.2. The molecular weight excluding hydrogens is 546 g/mol. The molecule has 0 aliphatic carbocycles. The number of amides is 2. The molecular formula is C33H41N5O5. The molecule has 0 unspecified atom stereocenters. The van der Waals surface area contributed by atoms with E-state index in [1.54, 1.807) is 11.8 Å². The van der Waals surface area contributed by atoms with Crippen molar-refractivity contribution in [1.82, 2.24) is 24.8 Å². The molecule has 0 N–H and O–H groups in total. The highest BCUT2D eigenvalue weighted by molar-refractivity contribution is 5.95. The molecule has 43 heavy (non-hydrogen) atoms. The van der Waals surface area contributed by atoms with Gasteiger partial charge in [-0.25, -0.2) is 4.68 Å². The van der Waals surface area contributed by atoms with Crippen molar-refractivity contribution in [3.8, 4) is 17.2 Å². The van der Waals surface area contributed by atoms with Crippen LogP contribution in [0.4, 0.5) is 0 Å². The van der Waals surface area contributed by atoms with Crippen LogP contribution in [0.1, 0.15) is 71.5 Å². The topological polar surface area (TPSA) is 99.0 Å². The summed E-state index contributed by atoms with van der Waals surface area (Å²) in [6, 6.07) is 15.3. The zero-order chi connectivity index (χ0) is 29.8. The monoisotopic (exact) mass is 587 g/mol. The summed E-state index contributed by atoms with van der Waals surface area (Å²) in [5.41, 5.74) is 2.46. The van der Waals surface area contributed by atoms with E-state index in [2.05, 4.69) is 10.3 Å². The van der Waals surface area contributed by atoms with Gasteiger partial charge in [-0.15, -0.1) is 5.10 Å². The van der Waals surface area contributed by atoms with Crippen LogP contribution in [0.25, 0.3) is 5.69 Å². The molecule has 10 nitrogen and oxygen atoms in total. The number of carbonyl (C=O) groups excluding carboxylic acids is 2. The van der Waals surface area contributed by atoms with E-state index in [9.17, 15) is 9.59 Å². The van der Waals surface area contributed by atoms with Gasteiger partial charge in [-0.05, 0) is 75.8 Å². The van der Waals surface area contributed by atoms with Crippen LogP contribution in [0.5, 0.6) is 11.5 Å². The van der Waals surface area contributed by atoms with E-state index >= 15 is 0 Å². The van der Waals surface area contributed by atoms with Crippen molar-refractivity contribution in [3.05, 3.63) is 65.5 Å². The highest BCUT2D eigenvalue weighted by Gasteiger charge is 2.38. The molecule has 2 amide bonds. The number of benzene rings is 2. The number of methoxy groups -OCH3 is 1. The number of piperidine rings is 1. The number of carbonyl (C=O) groups is 2. The van der Waals surface area contributed by atoms with Gasteiger partial charge in [0.25, 0.3) is 11.8 Å². The van der Waals surface area contributed by atoms with Gasteiger partial charge in [0.15, 0.2) is 5.69 Å². The SMILES string of the molecule is COc1cccc(-n2nnc(C(=O)N3CCC4(CCCCOC[C@@H]5CCCN5C(=O)c5cccc(c5)OC4)CC3)c2C)c1. The van der Waals surface area contributed by atoms with Crippen LogP contribution in [0.15, 0.2) is 48.5 Å². The van der Waals surface area contributed by atoms with E-state index in [-0.39, 0.29) is 23.3 Å². The standard InChI is InChI=1S/C33H41N5O5/c1-24-30(34-35-38(24)26-9-6-11-28(21-26)41-2)32(40)36-17-14-33(15-18-36)13-3-4-19-42-22-27-10-7-16-37(27)31(39)25-8-5-12-29(20-25)43-23-33/h5-6,8-9,11-12,20-21,27H,3-4,7,10,13-19,22-23H2,1-2H3/t27-/m0/s1. The Morgan fingerprint density at radius 1 is 1.02 bits per heavy atom. The molecule has 3 aromatic rings. The second-order valence-electron chi connectivity index (χ2n) is 12.1. The number of rotatable bonds is 3. The summed E-state index contributed by atoms with van der Waals surface area (Å²) in [5.74, 6) is 1.38. The maximum absolute atomic E-state index is 13.6. The molecule has 2 aromatic carbocycles. The van der Waals surface area contributed by atoms with Gasteiger partial charge in [-0.2, -0.15) is 0 Å². The zero-order valence-electron chi connectivity index (χ0n) is 25.2. The van der Waals surface area contributed by atoms with Crippen LogP contribution >= 0.6 is 0 Å². The van der Waals surface area contributed by atoms with E-state index in [1.165, 1.54) is 0 Å². The molecule has 0 radical (unpaired) electrons. The average Bonchev–Trinajstić information content (AvgIpc) is 3.67. The van der Waals surface area contributed by atoms with Crippen LogP contribution in [-0.4, -0.2) is 89.2 Å². The Morgan fingerprint density at radius 2 is 1.86 bits per heavy atom. The summed E-state index contributed by atoms with van der Waals surface area (Å²) >= 11 is 0. The van der Waals surface area contributed by atoms with E-state index in [0.29, 0.717) is 55.6 Å².